The van der Waals surface area contributed by atoms with E-state index in [1.807, 2.05) is 6.20 Å². The molecule has 3 atom stereocenters. The first-order valence-electron chi connectivity index (χ1n) is 5.37. The van der Waals surface area contributed by atoms with Gasteiger partial charge in [0.15, 0.2) is 0 Å². The molecule has 1 aliphatic carbocycles. The zero-order valence-electron chi connectivity index (χ0n) is 8.86. The van der Waals surface area contributed by atoms with Crippen molar-refractivity contribution in [1.82, 2.24) is 9.69 Å². The van der Waals surface area contributed by atoms with Gasteiger partial charge in [-0.05, 0) is 55.2 Å². The van der Waals surface area contributed by atoms with Crippen molar-refractivity contribution < 1.29 is 0 Å². The normalized spacial score (nSPS) is 33.1. The molecule has 3 unspecified atom stereocenters. The Morgan fingerprint density at radius 2 is 2.36 bits per heavy atom. The minimum Gasteiger partial charge on any atom is -0.317 e. The summed E-state index contributed by atoms with van der Waals surface area (Å²) in [5.41, 5.74) is 1.45. The van der Waals surface area contributed by atoms with Crippen LogP contribution in [0.3, 0.4) is 0 Å². The monoisotopic (exact) mass is 210 g/mol. The molecule has 1 saturated carbocycles. The van der Waals surface area contributed by atoms with E-state index < -0.39 is 0 Å². The van der Waals surface area contributed by atoms with Crippen LogP contribution < -0.4 is 5.32 Å². The third-order valence-corrected chi connectivity index (χ3v) is 4.09. The molecule has 0 spiro atoms. The van der Waals surface area contributed by atoms with E-state index >= 15 is 0 Å². The SMILES string of the molecule is CNC1CCC(C)C(c2cnsc2)C1. The molecular weight excluding hydrogens is 192 g/mol. The molecule has 0 aromatic carbocycles. The number of hydrogen-bond donors (Lipinski definition) is 1. The molecule has 3 heteroatoms. The molecule has 1 N–H and O–H groups in total. The third kappa shape index (κ3) is 1.98. The van der Waals surface area contributed by atoms with Gasteiger partial charge in [0.25, 0.3) is 0 Å². The van der Waals surface area contributed by atoms with Gasteiger partial charge in [-0.15, -0.1) is 0 Å². The number of rotatable bonds is 2. The van der Waals surface area contributed by atoms with E-state index in [4.69, 9.17) is 0 Å². The topological polar surface area (TPSA) is 24.9 Å². The van der Waals surface area contributed by atoms with Crippen molar-refractivity contribution in [2.45, 2.75) is 38.1 Å². The number of nitrogens with zero attached hydrogens (tertiary/aromatic N) is 1. The smallest absolute Gasteiger partial charge is 0.0441 e. The summed E-state index contributed by atoms with van der Waals surface area (Å²) in [6, 6.07) is 0.705. The zero-order valence-corrected chi connectivity index (χ0v) is 9.68. The summed E-state index contributed by atoms with van der Waals surface area (Å²) >= 11 is 1.57. The first-order chi connectivity index (χ1) is 6.81. The lowest BCUT2D eigenvalue weighted by atomic mass is 9.75. The van der Waals surface area contributed by atoms with Gasteiger partial charge in [0, 0.05) is 17.6 Å². The van der Waals surface area contributed by atoms with Gasteiger partial charge in [-0.25, -0.2) is 4.37 Å². The zero-order chi connectivity index (χ0) is 9.97. The summed E-state index contributed by atoms with van der Waals surface area (Å²) in [5, 5.41) is 5.61. The summed E-state index contributed by atoms with van der Waals surface area (Å²) < 4.78 is 4.20. The summed E-state index contributed by atoms with van der Waals surface area (Å²) in [6.45, 7) is 2.37. The third-order valence-electron chi connectivity index (χ3n) is 3.48. The number of nitrogens with one attached hydrogen (secondary N) is 1. The van der Waals surface area contributed by atoms with Crippen LogP contribution in [0.25, 0.3) is 0 Å². The van der Waals surface area contributed by atoms with Crippen LogP contribution in [0.15, 0.2) is 11.6 Å². The maximum absolute atomic E-state index is 4.20. The van der Waals surface area contributed by atoms with Crippen molar-refractivity contribution in [3.8, 4) is 0 Å². The maximum Gasteiger partial charge on any atom is 0.0441 e. The highest BCUT2D eigenvalue weighted by atomic mass is 32.1. The van der Waals surface area contributed by atoms with Crippen LogP contribution in [-0.2, 0) is 0 Å². The van der Waals surface area contributed by atoms with Gasteiger partial charge < -0.3 is 5.32 Å². The fraction of sp³-hybridized carbons (Fsp3) is 0.727. The Morgan fingerprint density at radius 3 is 3.00 bits per heavy atom. The van der Waals surface area contributed by atoms with Crippen LogP contribution in [-0.4, -0.2) is 17.5 Å². The van der Waals surface area contributed by atoms with Crippen molar-refractivity contribution >= 4 is 11.5 Å². The van der Waals surface area contributed by atoms with Gasteiger partial charge in [0.05, 0.1) is 0 Å². The van der Waals surface area contributed by atoms with Crippen LogP contribution in [0.1, 0.15) is 37.7 Å². The van der Waals surface area contributed by atoms with E-state index in [1.165, 1.54) is 24.8 Å². The van der Waals surface area contributed by atoms with Gasteiger partial charge in [-0.3, -0.25) is 0 Å². The predicted octanol–water partition coefficient (Wildman–Crippen LogP) is 2.63. The van der Waals surface area contributed by atoms with Crippen molar-refractivity contribution in [2.75, 3.05) is 7.05 Å². The second kappa shape index (κ2) is 4.41. The second-order valence-electron chi connectivity index (χ2n) is 4.34. The Kier molecular flexibility index (Phi) is 3.19. The van der Waals surface area contributed by atoms with E-state index in [0.717, 1.165) is 11.8 Å². The first kappa shape index (κ1) is 10.1. The Labute approximate surface area is 89.9 Å². The summed E-state index contributed by atoms with van der Waals surface area (Å²) in [6.07, 6.45) is 5.98. The molecule has 0 amide bonds. The lowest BCUT2D eigenvalue weighted by Gasteiger charge is -2.33. The predicted molar refractivity (Wildman–Crippen MR) is 60.7 cm³/mol. The lowest BCUT2D eigenvalue weighted by Crippen LogP contribution is -2.33. The lowest BCUT2D eigenvalue weighted by molar-refractivity contribution is 0.277. The van der Waals surface area contributed by atoms with E-state index in [9.17, 15) is 0 Å². The standard InChI is InChI=1S/C11H18N2S/c1-8-3-4-10(12-2)5-11(8)9-6-13-14-7-9/h6-8,10-12H,3-5H2,1-2H3. The van der Waals surface area contributed by atoms with Crippen molar-refractivity contribution in [3.63, 3.8) is 0 Å². The molecule has 0 radical (unpaired) electrons. The van der Waals surface area contributed by atoms with Crippen molar-refractivity contribution in [3.05, 3.63) is 17.1 Å². The van der Waals surface area contributed by atoms with Crippen LogP contribution in [0.2, 0.25) is 0 Å². The van der Waals surface area contributed by atoms with Gasteiger partial charge in [-0.1, -0.05) is 6.92 Å². The molecule has 1 aliphatic rings. The highest BCUT2D eigenvalue weighted by molar-refractivity contribution is 7.03. The quantitative estimate of drug-likeness (QED) is 0.811. The van der Waals surface area contributed by atoms with Gasteiger partial charge in [0.2, 0.25) is 0 Å². The number of hydrogen-bond acceptors (Lipinski definition) is 3. The van der Waals surface area contributed by atoms with Crippen LogP contribution >= 0.6 is 11.5 Å². The molecular formula is C11H18N2S. The van der Waals surface area contributed by atoms with Crippen LogP contribution in [0, 0.1) is 5.92 Å². The van der Waals surface area contributed by atoms with E-state index in [1.54, 1.807) is 11.5 Å². The van der Waals surface area contributed by atoms with E-state index in [2.05, 4.69) is 29.0 Å². The molecule has 14 heavy (non-hydrogen) atoms. The number of aromatic nitrogens is 1. The highest BCUT2D eigenvalue weighted by Crippen LogP contribution is 2.37. The van der Waals surface area contributed by atoms with E-state index in [0.29, 0.717) is 6.04 Å². The Hall–Kier alpha value is -0.410. The van der Waals surface area contributed by atoms with Crippen molar-refractivity contribution in [1.29, 1.82) is 0 Å². The first-order valence-corrected chi connectivity index (χ1v) is 6.21. The molecule has 1 aromatic heterocycles. The second-order valence-corrected chi connectivity index (χ2v) is 5.00. The maximum atomic E-state index is 4.20. The minimum atomic E-state index is 0.705. The molecule has 0 aliphatic heterocycles. The summed E-state index contributed by atoms with van der Waals surface area (Å²) in [4.78, 5) is 0. The molecule has 2 rings (SSSR count). The Balaban J connectivity index is 2.09. The molecule has 2 nitrogen and oxygen atoms in total. The molecule has 1 heterocycles. The largest absolute Gasteiger partial charge is 0.317 e. The Morgan fingerprint density at radius 1 is 1.50 bits per heavy atom. The average Bonchev–Trinajstić information content (AvgIpc) is 2.71. The van der Waals surface area contributed by atoms with Gasteiger partial charge in [-0.2, -0.15) is 0 Å². The Bertz CT molecular complexity index is 271. The van der Waals surface area contributed by atoms with E-state index in [-0.39, 0.29) is 0 Å². The molecule has 0 bridgehead atoms. The van der Waals surface area contributed by atoms with Gasteiger partial charge >= 0.3 is 0 Å². The highest BCUT2D eigenvalue weighted by Gasteiger charge is 2.28. The molecule has 78 valence electrons. The fourth-order valence-corrected chi connectivity index (χ4v) is 3.05. The van der Waals surface area contributed by atoms with Crippen LogP contribution in [0.4, 0.5) is 0 Å². The molecule has 1 aromatic rings. The van der Waals surface area contributed by atoms with Crippen LogP contribution in [0.5, 0.6) is 0 Å². The molecule has 1 fully saturated rings. The summed E-state index contributed by atoms with van der Waals surface area (Å²) in [7, 11) is 2.07. The van der Waals surface area contributed by atoms with Gasteiger partial charge in [0.1, 0.15) is 0 Å². The fourth-order valence-electron chi connectivity index (χ4n) is 2.44. The molecule has 0 saturated heterocycles. The van der Waals surface area contributed by atoms with Crippen molar-refractivity contribution in [2.24, 2.45) is 5.92 Å². The average molecular weight is 210 g/mol. The minimum absolute atomic E-state index is 0.705. The summed E-state index contributed by atoms with van der Waals surface area (Å²) in [5.74, 6) is 1.54.